The number of carbonyl (C=O) groups is 1. The van der Waals surface area contributed by atoms with Gasteiger partial charge in [-0.1, -0.05) is 24.3 Å². The number of rotatable bonds is 7. The number of sulfonamides is 1. The summed E-state index contributed by atoms with van der Waals surface area (Å²) in [7, 11) is -3.53. The fourth-order valence-corrected chi connectivity index (χ4v) is 4.84. The summed E-state index contributed by atoms with van der Waals surface area (Å²) < 4.78 is 32.0. The number of aryl methyl sites for hydroxylation is 1. The predicted octanol–water partition coefficient (Wildman–Crippen LogP) is 2.44. The number of ether oxygens (including phenoxy) is 1. The van der Waals surface area contributed by atoms with Crippen LogP contribution in [0.4, 0.5) is 5.69 Å². The monoisotopic (exact) mass is 468 g/mol. The molecule has 1 aliphatic heterocycles. The summed E-state index contributed by atoms with van der Waals surface area (Å²) in [6.45, 7) is 1.50. The summed E-state index contributed by atoms with van der Waals surface area (Å²) in [6, 6.07) is 13.2. The van der Waals surface area contributed by atoms with Crippen LogP contribution in [-0.4, -0.2) is 60.0 Å². The summed E-state index contributed by atoms with van der Waals surface area (Å²) in [4.78, 5) is 21.0. The van der Waals surface area contributed by atoms with Gasteiger partial charge in [0.1, 0.15) is 5.75 Å². The third-order valence-electron chi connectivity index (χ3n) is 5.21. The van der Waals surface area contributed by atoms with Gasteiger partial charge in [0.2, 0.25) is 15.9 Å². The summed E-state index contributed by atoms with van der Waals surface area (Å²) in [5.41, 5.74) is 2.00. The van der Waals surface area contributed by atoms with Gasteiger partial charge >= 0.3 is 0 Å². The second-order valence-electron chi connectivity index (χ2n) is 7.55. The fraction of sp³-hybridized carbons (Fsp3) is 0.261. The predicted molar refractivity (Wildman–Crippen MR) is 122 cm³/mol. The van der Waals surface area contributed by atoms with Crippen molar-refractivity contribution >= 4 is 21.6 Å². The molecule has 10 heteroatoms. The molecule has 3 aromatic rings. The zero-order chi connectivity index (χ0) is 23.3. The number of hydrogen-bond acceptors (Lipinski definition) is 7. The van der Waals surface area contributed by atoms with Crippen molar-refractivity contribution in [3.63, 3.8) is 0 Å². The van der Waals surface area contributed by atoms with Gasteiger partial charge in [0, 0.05) is 25.1 Å². The molecule has 0 aliphatic carbocycles. The minimum Gasteiger partial charge on any atom is -0.508 e. The third-order valence-corrected chi connectivity index (χ3v) is 7.12. The number of carbonyl (C=O) groups excluding carboxylic acids is 1. The van der Waals surface area contributed by atoms with E-state index in [1.165, 1.54) is 16.7 Å². The second-order valence-corrected chi connectivity index (χ2v) is 9.49. The maximum absolute atomic E-state index is 12.7. The van der Waals surface area contributed by atoms with Crippen LogP contribution in [0.1, 0.15) is 12.0 Å². The Morgan fingerprint density at radius 1 is 1.06 bits per heavy atom. The molecule has 2 aromatic carbocycles. The molecule has 0 spiro atoms. The SMILES string of the molecule is O=C(CCc1ccc(S(=O)(=O)N2CCOCC2)cc1)Nc1cnc(-c2cccc(O)c2)nc1. The highest BCUT2D eigenvalue weighted by Gasteiger charge is 2.26. The smallest absolute Gasteiger partial charge is 0.243 e. The lowest BCUT2D eigenvalue weighted by atomic mass is 10.1. The van der Waals surface area contributed by atoms with Crippen LogP contribution in [0.15, 0.2) is 65.8 Å². The molecule has 0 bridgehead atoms. The van der Waals surface area contributed by atoms with Crippen LogP contribution in [0.25, 0.3) is 11.4 Å². The molecule has 4 rings (SSSR count). The lowest BCUT2D eigenvalue weighted by Crippen LogP contribution is -2.40. The van der Waals surface area contributed by atoms with Crippen LogP contribution in [0.2, 0.25) is 0 Å². The zero-order valence-electron chi connectivity index (χ0n) is 17.8. The molecule has 172 valence electrons. The molecule has 0 unspecified atom stereocenters. The lowest BCUT2D eigenvalue weighted by Gasteiger charge is -2.26. The molecule has 1 fully saturated rings. The van der Waals surface area contributed by atoms with Crippen molar-refractivity contribution in [2.45, 2.75) is 17.7 Å². The Morgan fingerprint density at radius 3 is 2.42 bits per heavy atom. The Hall–Kier alpha value is -3.34. The Morgan fingerprint density at radius 2 is 1.76 bits per heavy atom. The van der Waals surface area contributed by atoms with E-state index in [0.717, 1.165) is 5.56 Å². The number of anilines is 1. The van der Waals surface area contributed by atoms with Crippen LogP contribution < -0.4 is 5.32 Å². The molecule has 1 aromatic heterocycles. The number of phenols is 1. The van der Waals surface area contributed by atoms with E-state index in [9.17, 15) is 18.3 Å². The van der Waals surface area contributed by atoms with Gasteiger partial charge < -0.3 is 15.2 Å². The zero-order valence-corrected chi connectivity index (χ0v) is 18.7. The van der Waals surface area contributed by atoms with Crippen LogP contribution in [0.5, 0.6) is 5.75 Å². The van der Waals surface area contributed by atoms with Crippen LogP contribution in [-0.2, 0) is 26.0 Å². The average molecular weight is 469 g/mol. The molecule has 1 amide bonds. The molecule has 33 heavy (non-hydrogen) atoms. The van der Waals surface area contributed by atoms with Crippen LogP contribution in [0, 0.1) is 0 Å². The molecule has 2 N–H and O–H groups in total. The summed E-state index contributed by atoms with van der Waals surface area (Å²) in [6.07, 6.45) is 3.71. The number of morpholine rings is 1. The molecule has 0 atom stereocenters. The molecular formula is C23H24N4O5S. The molecule has 0 saturated carbocycles. The maximum Gasteiger partial charge on any atom is 0.243 e. The van der Waals surface area contributed by atoms with Crippen molar-refractivity contribution in [1.82, 2.24) is 14.3 Å². The van der Waals surface area contributed by atoms with E-state index in [4.69, 9.17) is 4.74 Å². The normalized spacial score (nSPS) is 14.7. The van der Waals surface area contributed by atoms with Crippen molar-refractivity contribution in [3.8, 4) is 17.1 Å². The Balaban J connectivity index is 1.31. The first-order valence-corrected chi connectivity index (χ1v) is 11.9. The number of phenolic OH excluding ortho intramolecular Hbond substituents is 1. The Kier molecular flexibility index (Phi) is 6.97. The minimum absolute atomic E-state index is 0.125. The maximum atomic E-state index is 12.7. The van der Waals surface area contributed by atoms with E-state index in [1.54, 1.807) is 48.5 Å². The van der Waals surface area contributed by atoms with E-state index < -0.39 is 10.0 Å². The first-order valence-electron chi connectivity index (χ1n) is 10.5. The van der Waals surface area contributed by atoms with Gasteiger partial charge in [-0.15, -0.1) is 0 Å². The van der Waals surface area contributed by atoms with E-state index >= 15 is 0 Å². The first-order chi connectivity index (χ1) is 15.9. The highest BCUT2D eigenvalue weighted by Crippen LogP contribution is 2.21. The first kappa shape index (κ1) is 22.8. The van der Waals surface area contributed by atoms with Crippen molar-refractivity contribution in [3.05, 3.63) is 66.5 Å². The highest BCUT2D eigenvalue weighted by atomic mass is 32.2. The largest absolute Gasteiger partial charge is 0.508 e. The quantitative estimate of drug-likeness (QED) is 0.546. The standard InChI is InChI=1S/C23H24N4O5S/c28-20-3-1-2-18(14-20)23-24-15-19(16-25-23)26-22(29)9-6-17-4-7-21(8-5-17)33(30,31)27-10-12-32-13-11-27/h1-5,7-8,14-16,28H,6,9-13H2,(H,26,29). The Bertz CT molecular complexity index is 1210. The highest BCUT2D eigenvalue weighted by molar-refractivity contribution is 7.89. The molecule has 1 saturated heterocycles. The van der Waals surface area contributed by atoms with Gasteiger partial charge in [0.25, 0.3) is 0 Å². The van der Waals surface area contributed by atoms with E-state index in [-0.39, 0.29) is 23.0 Å². The summed E-state index contributed by atoms with van der Waals surface area (Å²) >= 11 is 0. The van der Waals surface area contributed by atoms with Crippen molar-refractivity contribution in [2.24, 2.45) is 0 Å². The topological polar surface area (TPSA) is 122 Å². The van der Waals surface area contributed by atoms with Gasteiger partial charge in [-0.2, -0.15) is 4.31 Å². The molecule has 2 heterocycles. The fourth-order valence-electron chi connectivity index (χ4n) is 3.43. The summed E-state index contributed by atoms with van der Waals surface area (Å²) in [5, 5.41) is 12.3. The number of nitrogens with zero attached hydrogens (tertiary/aromatic N) is 3. The van der Waals surface area contributed by atoms with Gasteiger partial charge in [-0.3, -0.25) is 4.79 Å². The number of benzene rings is 2. The van der Waals surface area contributed by atoms with E-state index in [2.05, 4.69) is 15.3 Å². The van der Waals surface area contributed by atoms with Crippen LogP contribution >= 0.6 is 0 Å². The van der Waals surface area contributed by atoms with Gasteiger partial charge in [0.15, 0.2) is 5.82 Å². The number of amides is 1. The number of aromatic nitrogens is 2. The summed E-state index contributed by atoms with van der Waals surface area (Å²) in [5.74, 6) is 0.366. The van der Waals surface area contributed by atoms with Gasteiger partial charge in [-0.05, 0) is 36.2 Å². The van der Waals surface area contributed by atoms with Crippen molar-refractivity contribution in [1.29, 1.82) is 0 Å². The van der Waals surface area contributed by atoms with Gasteiger partial charge in [-0.25, -0.2) is 18.4 Å². The average Bonchev–Trinajstić information content (AvgIpc) is 2.84. The van der Waals surface area contributed by atoms with E-state index in [1.807, 2.05) is 0 Å². The molecule has 0 radical (unpaired) electrons. The van der Waals surface area contributed by atoms with Gasteiger partial charge in [0.05, 0.1) is 36.2 Å². The second kappa shape index (κ2) is 10.1. The number of nitrogens with one attached hydrogen (secondary N) is 1. The molecular weight excluding hydrogens is 444 g/mol. The van der Waals surface area contributed by atoms with Crippen molar-refractivity contribution < 1.29 is 23.1 Å². The lowest BCUT2D eigenvalue weighted by molar-refractivity contribution is -0.116. The molecule has 9 nitrogen and oxygen atoms in total. The third kappa shape index (κ3) is 5.72. The van der Waals surface area contributed by atoms with Crippen LogP contribution in [0.3, 0.4) is 0 Å². The Labute approximate surface area is 192 Å². The minimum atomic E-state index is -3.53. The number of hydrogen-bond donors (Lipinski definition) is 2. The van der Waals surface area contributed by atoms with Crippen molar-refractivity contribution in [2.75, 3.05) is 31.6 Å². The molecule has 1 aliphatic rings. The van der Waals surface area contributed by atoms with E-state index in [0.29, 0.717) is 49.8 Å². The number of aromatic hydroxyl groups is 1.